The third-order valence-electron chi connectivity index (χ3n) is 6.53. The van der Waals surface area contributed by atoms with E-state index in [0.717, 1.165) is 16.5 Å². The van der Waals surface area contributed by atoms with Gasteiger partial charge in [0.1, 0.15) is 0 Å². The Hall–Kier alpha value is -4.65. The predicted octanol–water partition coefficient (Wildman–Crippen LogP) is 4.78. The second-order valence-electron chi connectivity index (χ2n) is 8.58. The van der Waals surface area contributed by atoms with Gasteiger partial charge in [-0.05, 0) is 35.7 Å². The Labute approximate surface area is 207 Å². The summed E-state index contributed by atoms with van der Waals surface area (Å²) in [5.41, 5.74) is 3.38. The maximum Gasteiger partial charge on any atom is 0.337 e. The van der Waals surface area contributed by atoms with Gasteiger partial charge in [0.2, 0.25) is 0 Å². The van der Waals surface area contributed by atoms with Gasteiger partial charge in [0.25, 0.3) is 5.91 Å². The van der Waals surface area contributed by atoms with Crippen LogP contribution in [0.5, 0.6) is 0 Å². The summed E-state index contributed by atoms with van der Waals surface area (Å²) < 4.78 is 4.78. The number of aliphatic hydroxyl groups excluding tert-OH is 1. The molecule has 1 aliphatic rings. The van der Waals surface area contributed by atoms with Crippen molar-refractivity contribution in [3.05, 3.63) is 119 Å². The van der Waals surface area contributed by atoms with Crippen molar-refractivity contribution in [3.8, 4) is 0 Å². The molecule has 7 heteroatoms. The van der Waals surface area contributed by atoms with Crippen molar-refractivity contribution in [1.82, 2.24) is 9.88 Å². The summed E-state index contributed by atoms with van der Waals surface area (Å²) in [7, 11) is 1.30. The molecular weight excluding hydrogens is 456 g/mol. The first-order valence-corrected chi connectivity index (χ1v) is 11.6. The number of carbonyl (C=O) groups excluding carboxylic acids is 3. The molecule has 4 aromatic rings. The molecule has 2 heterocycles. The number of esters is 1. The van der Waals surface area contributed by atoms with Gasteiger partial charge in [0.05, 0.1) is 24.3 Å². The number of rotatable bonds is 7. The molecule has 3 aromatic carbocycles. The number of nitrogens with one attached hydrogen (secondary N) is 1. The molecule has 1 amide bonds. The number of benzene rings is 3. The Morgan fingerprint density at radius 1 is 0.944 bits per heavy atom. The van der Waals surface area contributed by atoms with Crippen molar-refractivity contribution < 1.29 is 24.2 Å². The maximum atomic E-state index is 13.5. The largest absolute Gasteiger partial charge is 0.503 e. The number of carbonyl (C=O) groups is 3. The molecule has 7 nitrogen and oxygen atoms in total. The van der Waals surface area contributed by atoms with Crippen LogP contribution in [0.25, 0.3) is 10.9 Å². The zero-order valence-corrected chi connectivity index (χ0v) is 19.6. The fourth-order valence-electron chi connectivity index (χ4n) is 4.71. The first-order chi connectivity index (χ1) is 17.5. The summed E-state index contributed by atoms with van der Waals surface area (Å²) in [4.78, 5) is 43.4. The van der Waals surface area contributed by atoms with E-state index in [1.165, 1.54) is 12.0 Å². The van der Waals surface area contributed by atoms with Crippen molar-refractivity contribution in [2.24, 2.45) is 0 Å². The molecule has 1 atom stereocenters. The highest BCUT2D eigenvalue weighted by Crippen LogP contribution is 2.39. The van der Waals surface area contributed by atoms with Crippen LogP contribution in [0.3, 0.4) is 0 Å². The zero-order chi connectivity index (χ0) is 25.2. The molecule has 0 saturated heterocycles. The molecule has 36 heavy (non-hydrogen) atoms. The molecule has 1 aliphatic heterocycles. The minimum atomic E-state index is -0.804. The van der Waals surface area contributed by atoms with Crippen molar-refractivity contribution in [1.29, 1.82) is 0 Å². The average molecular weight is 481 g/mol. The van der Waals surface area contributed by atoms with E-state index in [1.807, 2.05) is 30.5 Å². The summed E-state index contributed by atoms with van der Waals surface area (Å²) in [6.45, 7) is 0.278. The molecular formula is C29H24N2O5. The number of ether oxygens (including phenoxy) is 1. The third kappa shape index (κ3) is 4.05. The van der Waals surface area contributed by atoms with E-state index < -0.39 is 29.5 Å². The lowest BCUT2D eigenvalue weighted by Crippen LogP contribution is -2.33. The minimum Gasteiger partial charge on any atom is -0.503 e. The molecule has 0 spiro atoms. The van der Waals surface area contributed by atoms with Crippen LogP contribution in [0.1, 0.15) is 37.9 Å². The van der Waals surface area contributed by atoms with Crippen molar-refractivity contribution in [2.75, 3.05) is 13.7 Å². The Balaban J connectivity index is 1.52. The van der Waals surface area contributed by atoms with Gasteiger partial charge in [-0.3, -0.25) is 9.59 Å². The van der Waals surface area contributed by atoms with Gasteiger partial charge in [-0.1, -0.05) is 60.7 Å². The number of hydrogen-bond donors (Lipinski definition) is 2. The lowest BCUT2D eigenvalue weighted by molar-refractivity contribution is -0.129. The molecule has 0 aliphatic carbocycles. The maximum absolute atomic E-state index is 13.5. The number of nitrogens with zero attached hydrogens (tertiary/aromatic N) is 1. The summed E-state index contributed by atoms with van der Waals surface area (Å²) >= 11 is 0. The Kier molecular flexibility index (Phi) is 6.12. The number of fused-ring (bicyclic) bond motifs is 1. The number of Topliss-reactive ketones (excluding diaryl/α,β-unsaturated/α-hetero) is 1. The van der Waals surface area contributed by atoms with E-state index in [1.54, 1.807) is 54.6 Å². The highest BCUT2D eigenvalue weighted by atomic mass is 16.5. The zero-order valence-electron chi connectivity index (χ0n) is 19.6. The highest BCUT2D eigenvalue weighted by molar-refractivity contribution is 6.16. The fourth-order valence-corrected chi connectivity index (χ4v) is 4.71. The second kappa shape index (κ2) is 9.54. The van der Waals surface area contributed by atoms with Gasteiger partial charge in [-0.15, -0.1) is 0 Å². The molecule has 2 N–H and O–H groups in total. The van der Waals surface area contributed by atoms with E-state index in [4.69, 9.17) is 4.74 Å². The molecule has 1 aromatic heterocycles. The van der Waals surface area contributed by atoms with Crippen LogP contribution < -0.4 is 0 Å². The van der Waals surface area contributed by atoms with Gasteiger partial charge in [-0.2, -0.15) is 0 Å². The molecule has 0 bridgehead atoms. The lowest BCUT2D eigenvalue weighted by atomic mass is 9.92. The number of aromatic amines is 1. The minimum absolute atomic E-state index is 0.0240. The van der Waals surface area contributed by atoms with E-state index in [-0.39, 0.29) is 12.1 Å². The van der Waals surface area contributed by atoms with Crippen LogP contribution >= 0.6 is 0 Å². The number of para-hydroxylation sites is 1. The van der Waals surface area contributed by atoms with Crippen LogP contribution in [0.4, 0.5) is 0 Å². The summed E-state index contributed by atoms with van der Waals surface area (Å²) in [6, 6.07) is 22.2. The summed E-state index contributed by atoms with van der Waals surface area (Å²) in [5, 5.41) is 11.9. The number of aromatic nitrogens is 1. The van der Waals surface area contributed by atoms with Crippen LogP contribution in [0.2, 0.25) is 0 Å². The number of hydrogen-bond acceptors (Lipinski definition) is 5. The number of aliphatic hydroxyl groups is 1. The van der Waals surface area contributed by atoms with Crippen molar-refractivity contribution in [2.45, 2.75) is 12.5 Å². The third-order valence-corrected chi connectivity index (χ3v) is 6.53. The van der Waals surface area contributed by atoms with E-state index in [9.17, 15) is 19.5 Å². The molecule has 0 saturated carbocycles. The van der Waals surface area contributed by atoms with Gasteiger partial charge < -0.3 is 19.7 Å². The monoisotopic (exact) mass is 480 g/mol. The number of ketones is 1. The molecule has 0 radical (unpaired) electrons. The normalized spacial score (nSPS) is 15.5. The molecule has 1 unspecified atom stereocenters. The Bertz CT molecular complexity index is 1490. The van der Waals surface area contributed by atoms with Gasteiger partial charge in [0.15, 0.2) is 11.5 Å². The molecule has 0 fully saturated rings. The quantitative estimate of drug-likeness (QED) is 0.293. The van der Waals surface area contributed by atoms with Gasteiger partial charge in [0, 0.05) is 29.2 Å². The second-order valence-corrected chi connectivity index (χ2v) is 8.58. The topological polar surface area (TPSA) is 99.7 Å². The van der Waals surface area contributed by atoms with Gasteiger partial charge in [-0.25, -0.2) is 4.79 Å². The smallest absolute Gasteiger partial charge is 0.337 e. The average Bonchev–Trinajstić information content (AvgIpc) is 3.45. The van der Waals surface area contributed by atoms with Crippen molar-refractivity contribution >= 4 is 28.6 Å². The first-order valence-electron chi connectivity index (χ1n) is 11.6. The van der Waals surface area contributed by atoms with Crippen LogP contribution in [-0.2, 0) is 16.0 Å². The van der Waals surface area contributed by atoms with E-state index in [2.05, 4.69) is 4.98 Å². The Morgan fingerprint density at radius 3 is 2.36 bits per heavy atom. The van der Waals surface area contributed by atoms with Gasteiger partial charge >= 0.3 is 5.97 Å². The summed E-state index contributed by atoms with van der Waals surface area (Å²) in [5.74, 6) is -2.06. The SMILES string of the molecule is COC(=O)c1ccc(C2C(C(=O)c3ccccc3)=C(O)C(=O)N2CCc2c[nH]c3ccccc23)cc1. The highest BCUT2D eigenvalue weighted by Gasteiger charge is 2.43. The van der Waals surface area contributed by atoms with E-state index in [0.29, 0.717) is 23.1 Å². The van der Waals surface area contributed by atoms with Crippen molar-refractivity contribution in [3.63, 3.8) is 0 Å². The van der Waals surface area contributed by atoms with E-state index >= 15 is 0 Å². The fraction of sp³-hybridized carbons (Fsp3) is 0.138. The Morgan fingerprint density at radius 2 is 1.64 bits per heavy atom. The lowest BCUT2D eigenvalue weighted by Gasteiger charge is -2.27. The molecule has 180 valence electrons. The number of H-pyrrole nitrogens is 1. The standard InChI is InChI=1S/C29H24N2O5/c1-36-29(35)20-13-11-18(12-14-20)25-24(26(32)19-7-3-2-4-8-19)27(33)28(34)31(25)16-15-21-17-30-23-10-6-5-9-22(21)23/h2-14,17,25,30,33H,15-16H2,1H3. The van der Waals surface area contributed by atoms with Crippen LogP contribution in [-0.4, -0.2) is 46.3 Å². The van der Waals surface area contributed by atoms with Crippen LogP contribution in [0, 0.1) is 0 Å². The summed E-state index contributed by atoms with van der Waals surface area (Å²) in [6.07, 6.45) is 2.43. The number of methoxy groups -OCH3 is 1. The first kappa shape index (κ1) is 23.1. The number of amides is 1. The predicted molar refractivity (Wildman–Crippen MR) is 135 cm³/mol. The van der Waals surface area contributed by atoms with Crippen LogP contribution in [0.15, 0.2) is 96.4 Å². The molecule has 5 rings (SSSR count).